The molecule has 2 atom stereocenters. The number of aldehydes is 1. The number of pyridine rings is 1. The van der Waals surface area contributed by atoms with E-state index in [4.69, 9.17) is 38.1 Å². The number of aliphatic imine (C=N–C) groups is 2. The van der Waals surface area contributed by atoms with E-state index in [2.05, 4.69) is 33.5 Å². The van der Waals surface area contributed by atoms with Gasteiger partial charge >= 0.3 is 5.97 Å². The Balaban J connectivity index is 0.000000529. The second-order valence-electron chi connectivity index (χ2n) is 20.8. The molecule has 452 valence electrons. The number of rotatable bonds is 31. The number of hydrogen-bond donors (Lipinski definition) is 1. The van der Waals surface area contributed by atoms with Crippen molar-refractivity contribution in [2.75, 3.05) is 119 Å². The molecule has 4 aliphatic rings. The summed E-state index contributed by atoms with van der Waals surface area (Å²) in [6.07, 6.45) is 10.0. The molecule has 7 rings (SSSR count). The lowest BCUT2D eigenvalue weighted by Gasteiger charge is -2.30. The van der Waals surface area contributed by atoms with E-state index in [0.717, 1.165) is 18.5 Å². The molecule has 2 aromatic carbocycles. The maximum absolute atomic E-state index is 13.7. The summed E-state index contributed by atoms with van der Waals surface area (Å²) in [5.74, 6) is 1.05. The lowest BCUT2D eigenvalue weighted by atomic mass is 10.1. The van der Waals surface area contributed by atoms with Gasteiger partial charge in [0.25, 0.3) is 11.8 Å². The molecule has 2 saturated heterocycles. The number of carbonyl (C=O) groups is 5. The first-order valence-electron chi connectivity index (χ1n) is 28.3. The molecule has 0 spiro atoms. The molecule has 22 heteroatoms. The Morgan fingerprint density at radius 2 is 1.29 bits per heavy atom. The fourth-order valence-electron chi connectivity index (χ4n) is 9.41. The van der Waals surface area contributed by atoms with Gasteiger partial charge in [-0.3, -0.25) is 38.9 Å². The van der Waals surface area contributed by atoms with Crippen LogP contribution in [0.2, 0.25) is 0 Å². The van der Waals surface area contributed by atoms with Gasteiger partial charge in [-0.2, -0.15) is 0 Å². The standard InChI is InChI=1S/C49H59N7O8S.C12H24O6/c1-8-31-13-37-21-50-42-19-44(33(25-57)15-40(42)47(60)55(37)23-31)63-27-35-17-39(62-12-11-53(6)30-49(4,5)65-29-46(59)54(7)10-3)18-36(52-35)28-64-45-20-43-41(16-34(45)26-58)48(61)56-24-32(9-2)14-38(56)22-51-43;1-3-15-6-7-17-10-11-18-9-8-16-5-4-12(13)14-2/h8-9,15-22,25,37-38,58H,10-14,23-24,26-30H2,1-7H3;3-11H2,1-2H3/b31-8+,32-9+;/t37-,38-;/m0./s1. The van der Waals surface area contributed by atoms with Crippen molar-refractivity contribution in [3.63, 3.8) is 0 Å². The third-order valence-corrected chi connectivity index (χ3v) is 15.5. The van der Waals surface area contributed by atoms with Crippen molar-refractivity contribution < 1.29 is 67.0 Å². The van der Waals surface area contributed by atoms with Gasteiger partial charge in [-0.05, 0) is 73.6 Å². The minimum absolute atomic E-state index is 0.0217. The smallest absolute Gasteiger partial charge is 0.307 e. The largest absolute Gasteiger partial charge is 0.492 e. The monoisotopic (exact) mass is 1170 g/mol. The Hall–Kier alpha value is -6.53. The Labute approximate surface area is 492 Å². The van der Waals surface area contributed by atoms with E-state index < -0.39 is 0 Å². The van der Waals surface area contributed by atoms with Gasteiger partial charge in [0.2, 0.25) is 5.91 Å². The zero-order valence-corrected chi connectivity index (χ0v) is 50.5. The second kappa shape index (κ2) is 33.1. The number of ether oxygens (including phenoxy) is 8. The number of aliphatic hydroxyl groups excluding tert-OH is 1. The summed E-state index contributed by atoms with van der Waals surface area (Å²) in [4.78, 5) is 84.5. The third-order valence-electron chi connectivity index (χ3n) is 14.2. The van der Waals surface area contributed by atoms with E-state index in [1.807, 2.05) is 53.9 Å². The highest BCUT2D eigenvalue weighted by Gasteiger charge is 2.36. The van der Waals surface area contributed by atoms with Gasteiger partial charge in [-0.1, -0.05) is 23.3 Å². The Bertz CT molecular complexity index is 2820. The zero-order valence-electron chi connectivity index (χ0n) is 49.6. The Morgan fingerprint density at radius 1 is 0.747 bits per heavy atom. The number of methoxy groups -OCH3 is 1. The van der Waals surface area contributed by atoms with E-state index >= 15 is 0 Å². The third kappa shape index (κ3) is 19.5. The minimum atomic E-state index is -0.362. The van der Waals surface area contributed by atoms with Crippen LogP contribution in [-0.4, -0.2) is 208 Å². The molecule has 0 saturated carbocycles. The molecule has 1 N–H and O–H groups in total. The second-order valence-corrected chi connectivity index (χ2v) is 22.5. The van der Waals surface area contributed by atoms with Crippen LogP contribution in [-0.2, 0) is 53.1 Å². The molecule has 0 bridgehead atoms. The Kier molecular flexibility index (Phi) is 26.2. The molecule has 21 nitrogen and oxygen atoms in total. The SMILES string of the molecule is C/C=C1\C[C@H]2C=Nc3cc(OCc4cc(OCCN(C)CC(C)(C)SCC(=O)N(C)CC)cc(COc5cc6c(cc5CO)C(=O)N5C/C(=C/C)C[C@H]5C=N6)n4)c(C=O)cc3C(=O)N2C1.CCOCCOCCOCCOCCC(=O)OC. The van der Waals surface area contributed by atoms with Crippen molar-refractivity contribution in [3.05, 3.63) is 93.3 Å². The summed E-state index contributed by atoms with van der Waals surface area (Å²) < 4.78 is 44.0. The number of likely N-dealkylation sites (N-methyl/N-ethyl adjacent to an activating group) is 1. The van der Waals surface area contributed by atoms with Crippen molar-refractivity contribution in [1.82, 2.24) is 24.6 Å². The van der Waals surface area contributed by atoms with E-state index in [1.165, 1.54) is 18.7 Å². The van der Waals surface area contributed by atoms with Crippen LogP contribution in [0.1, 0.15) is 109 Å². The minimum Gasteiger partial charge on any atom is -0.492 e. The van der Waals surface area contributed by atoms with Crippen LogP contribution in [0.3, 0.4) is 0 Å². The maximum atomic E-state index is 13.7. The van der Waals surface area contributed by atoms with E-state index in [9.17, 15) is 29.1 Å². The first-order valence-corrected chi connectivity index (χ1v) is 29.2. The summed E-state index contributed by atoms with van der Waals surface area (Å²) in [6.45, 7) is 19.4. The molecule has 0 unspecified atom stereocenters. The Morgan fingerprint density at radius 3 is 1.82 bits per heavy atom. The number of fused-ring (bicyclic) bond motifs is 4. The van der Waals surface area contributed by atoms with Gasteiger partial charge in [-0.25, -0.2) is 0 Å². The number of benzene rings is 2. The van der Waals surface area contributed by atoms with E-state index in [0.29, 0.717) is 155 Å². The van der Waals surface area contributed by atoms with E-state index in [1.54, 1.807) is 69.2 Å². The van der Waals surface area contributed by atoms with Crippen LogP contribution in [0.15, 0.2) is 69.7 Å². The summed E-state index contributed by atoms with van der Waals surface area (Å²) in [7, 11) is 5.19. The van der Waals surface area contributed by atoms with Gasteiger partial charge in [0.1, 0.15) is 37.1 Å². The van der Waals surface area contributed by atoms with Crippen molar-refractivity contribution in [2.24, 2.45) is 9.98 Å². The molecule has 83 heavy (non-hydrogen) atoms. The predicted octanol–water partition coefficient (Wildman–Crippen LogP) is 7.23. The lowest BCUT2D eigenvalue weighted by Crippen LogP contribution is -2.38. The fraction of sp³-hybridized carbons (Fsp3) is 0.541. The average molecular weight is 1170 g/mol. The predicted molar refractivity (Wildman–Crippen MR) is 318 cm³/mol. The first kappa shape index (κ1) is 65.6. The van der Waals surface area contributed by atoms with Crippen LogP contribution in [0.25, 0.3) is 0 Å². The zero-order chi connectivity index (χ0) is 59.9. The summed E-state index contributed by atoms with van der Waals surface area (Å²) in [5, 5.41) is 10.4. The number of amides is 3. The number of esters is 1. The molecule has 0 aliphatic carbocycles. The van der Waals surface area contributed by atoms with Crippen molar-refractivity contribution >= 4 is 65.5 Å². The number of hydrogen-bond acceptors (Lipinski definition) is 19. The van der Waals surface area contributed by atoms with Crippen molar-refractivity contribution in [2.45, 2.75) is 97.5 Å². The molecule has 2 fully saturated rings. The molecule has 4 aliphatic heterocycles. The quantitative estimate of drug-likeness (QED) is 0.0290. The topological polar surface area (TPSA) is 230 Å². The van der Waals surface area contributed by atoms with Crippen molar-refractivity contribution in [3.8, 4) is 17.2 Å². The molecule has 1 aromatic heterocycles. The number of nitrogens with zero attached hydrogens (tertiary/aromatic N) is 7. The van der Waals surface area contributed by atoms with Gasteiger partial charge in [-0.15, -0.1) is 11.8 Å². The molecule has 3 amide bonds. The average Bonchev–Trinajstić information content (AvgIpc) is 4.24. The normalized spacial score (nSPS) is 17.1. The fourth-order valence-corrected chi connectivity index (χ4v) is 10.5. The van der Waals surface area contributed by atoms with Crippen LogP contribution in [0.4, 0.5) is 11.4 Å². The molecule has 0 radical (unpaired) electrons. The molecule has 3 aromatic rings. The highest BCUT2D eigenvalue weighted by Crippen LogP contribution is 2.38. The molecule has 5 heterocycles. The van der Waals surface area contributed by atoms with Crippen LogP contribution >= 0.6 is 11.8 Å². The molecular weight excluding hydrogens is 1090 g/mol. The number of carbonyl (C=O) groups excluding carboxylic acids is 5. The number of aliphatic hydroxyl groups is 1. The van der Waals surface area contributed by atoms with Crippen LogP contribution in [0.5, 0.6) is 17.2 Å². The lowest BCUT2D eigenvalue weighted by molar-refractivity contribution is -0.142. The van der Waals surface area contributed by atoms with E-state index in [-0.39, 0.29) is 78.1 Å². The highest BCUT2D eigenvalue weighted by atomic mass is 32.2. The summed E-state index contributed by atoms with van der Waals surface area (Å²) in [6, 6.07) is 9.74. The first-order chi connectivity index (χ1) is 40.0. The summed E-state index contributed by atoms with van der Waals surface area (Å²) >= 11 is 1.63. The number of allylic oxidation sites excluding steroid dienone is 2. The number of aromatic nitrogens is 1. The number of thioether (sulfide) groups is 1. The van der Waals surface area contributed by atoms with Gasteiger partial charge in [0.05, 0.1) is 124 Å². The van der Waals surface area contributed by atoms with Crippen LogP contribution in [0, 0.1) is 0 Å². The summed E-state index contributed by atoms with van der Waals surface area (Å²) in [5.41, 5.74) is 5.60. The van der Waals surface area contributed by atoms with Crippen LogP contribution < -0.4 is 14.2 Å². The van der Waals surface area contributed by atoms with Gasteiger partial charge in [0.15, 0.2) is 6.29 Å². The van der Waals surface area contributed by atoms with Gasteiger partial charge < -0.3 is 62.6 Å². The highest BCUT2D eigenvalue weighted by molar-refractivity contribution is 8.01. The molecular formula is C61H83N7O14S. The maximum Gasteiger partial charge on any atom is 0.307 e. The van der Waals surface area contributed by atoms with Gasteiger partial charge in [0, 0.05) is 93.4 Å². The van der Waals surface area contributed by atoms with Crippen molar-refractivity contribution in [1.29, 1.82) is 0 Å².